The molecule has 0 spiro atoms. The average molecular weight is 341 g/mol. The summed E-state index contributed by atoms with van der Waals surface area (Å²) in [6.07, 6.45) is -0.923. The minimum Gasteiger partial charge on any atom is -0.443 e. The molecule has 0 bridgehead atoms. The average Bonchev–Trinajstić information content (AvgIpc) is 2.72. The summed E-state index contributed by atoms with van der Waals surface area (Å²) in [6.45, 7) is 9.08. The van der Waals surface area contributed by atoms with E-state index in [1.165, 1.54) is 0 Å². The molecule has 1 saturated heterocycles. The van der Waals surface area contributed by atoms with Crippen LogP contribution in [0.3, 0.4) is 0 Å². The van der Waals surface area contributed by atoms with Gasteiger partial charge in [0.15, 0.2) is 0 Å². The molecule has 1 heterocycles. The molecule has 128 valence electrons. The van der Waals surface area contributed by atoms with Gasteiger partial charge in [0.05, 0.1) is 6.61 Å². The Balaban J connectivity index is 2.31. The van der Waals surface area contributed by atoms with Crippen LogP contribution in [0.4, 0.5) is 4.79 Å². The minimum atomic E-state index is -4.12. The maximum Gasteiger partial charge on any atom is 0.426 e. The van der Waals surface area contributed by atoms with E-state index >= 15 is 0 Å². The summed E-state index contributed by atoms with van der Waals surface area (Å²) >= 11 is 0. The Kier molecular flexibility index (Phi) is 4.73. The van der Waals surface area contributed by atoms with Gasteiger partial charge in [0.25, 0.3) is 0 Å². The van der Waals surface area contributed by atoms with Gasteiger partial charge in [0.2, 0.25) is 0 Å². The van der Waals surface area contributed by atoms with E-state index in [2.05, 4.69) is 13.8 Å². The van der Waals surface area contributed by atoms with Gasteiger partial charge >= 0.3 is 16.4 Å². The number of ether oxygens (including phenoxy) is 1. The Morgan fingerprint density at radius 1 is 1.26 bits per heavy atom. The first kappa shape index (κ1) is 17.7. The summed E-state index contributed by atoms with van der Waals surface area (Å²) < 4.78 is 34.8. The molecule has 0 aliphatic carbocycles. The maximum atomic E-state index is 12.3. The zero-order chi connectivity index (χ0) is 17.4. The second kappa shape index (κ2) is 6.13. The number of hydrogen-bond acceptors (Lipinski definition) is 5. The van der Waals surface area contributed by atoms with E-state index in [1.807, 2.05) is 24.3 Å². The number of rotatable bonds is 2. The van der Waals surface area contributed by atoms with E-state index in [0.717, 1.165) is 5.56 Å². The normalized spacial score (nSPS) is 20.8. The topological polar surface area (TPSA) is 72.9 Å². The smallest absolute Gasteiger partial charge is 0.426 e. The van der Waals surface area contributed by atoms with Crippen LogP contribution in [0.1, 0.15) is 57.7 Å². The van der Waals surface area contributed by atoms with E-state index < -0.39 is 28.0 Å². The summed E-state index contributed by atoms with van der Waals surface area (Å²) in [5.41, 5.74) is 1.04. The van der Waals surface area contributed by atoms with Crippen LogP contribution in [0, 0.1) is 0 Å². The molecule has 1 atom stereocenters. The molecule has 0 aromatic heterocycles. The van der Waals surface area contributed by atoms with Crippen molar-refractivity contribution in [2.75, 3.05) is 6.61 Å². The molecular weight excluding hydrogens is 318 g/mol. The summed E-state index contributed by atoms with van der Waals surface area (Å²) in [7, 11) is -4.12. The van der Waals surface area contributed by atoms with Gasteiger partial charge in [-0.1, -0.05) is 38.1 Å². The molecule has 0 N–H and O–H groups in total. The van der Waals surface area contributed by atoms with Crippen molar-refractivity contribution in [3.8, 4) is 0 Å². The highest BCUT2D eigenvalue weighted by atomic mass is 32.2. The molecule has 1 aliphatic heterocycles. The van der Waals surface area contributed by atoms with Gasteiger partial charge < -0.3 is 4.74 Å². The lowest BCUT2D eigenvalue weighted by Crippen LogP contribution is -2.39. The quantitative estimate of drug-likeness (QED) is 0.824. The zero-order valence-electron chi connectivity index (χ0n) is 14.1. The van der Waals surface area contributed by atoms with Gasteiger partial charge in [-0.2, -0.15) is 12.7 Å². The first-order chi connectivity index (χ1) is 10.5. The first-order valence-corrected chi connectivity index (χ1v) is 8.89. The van der Waals surface area contributed by atoms with Crippen LogP contribution in [0.2, 0.25) is 0 Å². The van der Waals surface area contributed by atoms with Crippen LogP contribution in [-0.2, 0) is 19.2 Å². The zero-order valence-corrected chi connectivity index (χ0v) is 14.9. The SMILES string of the molecule is CC(C)c1ccc(C2COS(=O)(=O)N2C(=O)OC(C)(C)C)cc1. The molecule has 1 aromatic rings. The van der Waals surface area contributed by atoms with Crippen molar-refractivity contribution in [1.29, 1.82) is 0 Å². The third-order valence-corrected chi connectivity index (χ3v) is 4.78. The second-order valence-corrected chi connectivity index (χ2v) is 8.34. The van der Waals surface area contributed by atoms with Gasteiger partial charge in [-0.15, -0.1) is 0 Å². The van der Waals surface area contributed by atoms with E-state index in [9.17, 15) is 13.2 Å². The second-order valence-electron chi connectivity index (χ2n) is 6.86. The molecular formula is C16H23NO5S. The Labute approximate surface area is 137 Å². The monoisotopic (exact) mass is 341 g/mol. The molecule has 1 aliphatic rings. The number of nitrogens with zero attached hydrogens (tertiary/aromatic N) is 1. The molecule has 0 saturated carbocycles. The molecule has 0 radical (unpaired) electrons. The molecule has 1 unspecified atom stereocenters. The van der Waals surface area contributed by atoms with Crippen LogP contribution < -0.4 is 0 Å². The van der Waals surface area contributed by atoms with Crippen LogP contribution in [-0.4, -0.2) is 31.0 Å². The summed E-state index contributed by atoms with van der Waals surface area (Å²) in [5.74, 6) is 0.370. The van der Waals surface area contributed by atoms with Crippen molar-refractivity contribution in [2.45, 2.75) is 52.2 Å². The summed E-state index contributed by atoms with van der Waals surface area (Å²) in [5, 5.41) is 0. The van der Waals surface area contributed by atoms with E-state index in [0.29, 0.717) is 15.8 Å². The Morgan fingerprint density at radius 2 is 1.83 bits per heavy atom. The molecule has 1 fully saturated rings. The van der Waals surface area contributed by atoms with Crippen molar-refractivity contribution >= 4 is 16.4 Å². The van der Waals surface area contributed by atoms with Crippen molar-refractivity contribution < 1.29 is 22.1 Å². The van der Waals surface area contributed by atoms with E-state index in [4.69, 9.17) is 8.92 Å². The summed E-state index contributed by atoms with van der Waals surface area (Å²) in [4.78, 5) is 12.3. The van der Waals surface area contributed by atoms with Gasteiger partial charge in [-0.25, -0.2) is 4.79 Å². The number of amides is 1. The van der Waals surface area contributed by atoms with Crippen LogP contribution in [0.5, 0.6) is 0 Å². The third-order valence-electron chi connectivity index (χ3n) is 3.46. The Hall–Kier alpha value is -1.60. The largest absolute Gasteiger partial charge is 0.443 e. The highest BCUT2D eigenvalue weighted by molar-refractivity contribution is 7.85. The highest BCUT2D eigenvalue weighted by Gasteiger charge is 2.45. The number of hydrogen-bond donors (Lipinski definition) is 0. The van der Waals surface area contributed by atoms with Crippen LogP contribution >= 0.6 is 0 Å². The molecule has 1 amide bonds. The standard InChI is InChI=1S/C16H23NO5S/c1-11(2)12-6-8-13(9-7-12)14-10-21-23(19,20)17(14)15(18)22-16(3,4)5/h6-9,11,14H,10H2,1-5H3. The van der Waals surface area contributed by atoms with Crippen LogP contribution in [0.15, 0.2) is 24.3 Å². The van der Waals surface area contributed by atoms with Crippen molar-refractivity contribution in [3.05, 3.63) is 35.4 Å². The molecule has 6 nitrogen and oxygen atoms in total. The lowest BCUT2D eigenvalue weighted by Gasteiger charge is -2.26. The molecule has 23 heavy (non-hydrogen) atoms. The number of carbonyl (C=O) groups excluding carboxylic acids is 1. The predicted octanol–water partition coefficient (Wildman–Crippen LogP) is 3.36. The first-order valence-electron chi connectivity index (χ1n) is 7.53. The van der Waals surface area contributed by atoms with Crippen molar-refractivity contribution in [3.63, 3.8) is 0 Å². The van der Waals surface area contributed by atoms with Gasteiger partial charge in [-0.05, 0) is 37.8 Å². The summed E-state index contributed by atoms with van der Waals surface area (Å²) in [6, 6.07) is 6.79. The fourth-order valence-electron chi connectivity index (χ4n) is 2.29. The fraction of sp³-hybridized carbons (Fsp3) is 0.562. The van der Waals surface area contributed by atoms with Crippen molar-refractivity contribution in [2.24, 2.45) is 0 Å². The van der Waals surface area contributed by atoms with E-state index in [1.54, 1.807) is 20.8 Å². The fourth-order valence-corrected chi connectivity index (χ4v) is 3.42. The van der Waals surface area contributed by atoms with Gasteiger partial charge in [-0.3, -0.25) is 4.18 Å². The van der Waals surface area contributed by atoms with Gasteiger partial charge in [0, 0.05) is 0 Å². The van der Waals surface area contributed by atoms with E-state index in [-0.39, 0.29) is 6.61 Å². The lowest BCUT2D eigenvalue weighted by molar-refractivity contribution is 0.0356. The number of carbonyl (C=O) groups is 1. The van der Waals surface area contributed by atoms with Gasteiger partial charge in [0.1, 0.15) is 11.6 Å². The lowest BCUT2D eigenvalue weighted by atomic mass is 9.99. The maximum absolute atomic E-state index is 12.3. The van der Waals surface area contributed by atoms with Crippen LogP contribution in [0.25, 0.3) is 0 Å². The Morgan fingerprint density at radius 3 is 2.30 bits per heavy atom. The highest BCUT2D eigenvalue weighted by Crippen LogP contribution is 2.33. The molecule has 2 rings (SSSR count). The molecule has 7 heteroatoms. The minimum absolute atomic E-state index is 0.109. The van der Waals surface area contributed by atoms with Crippen molar-refractivity contribution in [1.82, 2.24) is 4.31 Å². The molecule has 1 aromatic carbocycles. The predicted molar refractivity (Wildman–Crippen MR) is 86.2 cm³/mol. The Bertz CT molecular complexity index is 673. The number of benzene rings is 1. The third kappa shape index (κ3) is 4.03.